The van der Waals surface area contributed by atoms with Crippen LogP contribution in [0.3, 0.4) is 0 Å². The van der Waals surface area contributed by atoms with Crippen LogP contribution in [0.5, 0.6) is 0 Å². The minimum absolute atomic E-state index is 0.0738. The van der Waals surface area contributed by atoms with Crippen molar-refractivity contribution >= 4 is 11.8 Å². The summed E-state index contributed by atoms with van der Waals surface area (Å²) in [5.74, 6) is -2.36. The van der Waals surface area contributed by atoms with Gasteiger partial charge in [0.1, 0.15) is 0 Å². The Morgan fingerprint density at radius 1 is 1.12 bits per heavy atom. The topological polar surface area (TPSA) is 46.6 Å². The maximum Gasteiger partial charge on any atom is 0.337 e. The van der Waals surface area contributed by atoms with Gasteiger partial charge in [0, 0.05) is 18.7 Å². The Kier molecular flexibility index (Phi) is 4.40. The molecule has 1 heterocycles. The van der Waals surface area contributed by atoms with E-state index >= 15 is 0 Å². The number of halogens is 2. The van der Waals surface area contributed by atoms with E-state index in [1.54, 1.807) is 18.2 Å². The number of ketones is 1. The lowest BCUT2D eigenvalue weighted by Crippen LogP contribution is -2.34. The molecule has 2 aromatic rings. The molecule has 3 rings (SSSR count). The van der Waals surface area contributed by atoms with Crippen molar-refractivity contribution in [3.05, 3.63) is 70.3 Å². The van der Waals surface area contributed by atoms with E-state index in [2.05, 4.69) is 4.74 Å². The molecular weight excluding hydrogens is 316 g/mol. The zero-order valence-corrected chi connectivity index (χ0v) is 13.0. The van der Waals surface area contributed by atoms with Crippen LogP contribution in [0.25, 0.3) is 0 Å². The monoisotopic (exact) mass is 331 g/mol. The number of hydrogen-bond acceptors (Lipinski definition) is 4. The molecule has 0 unspecified atom stereocenters. The Morgan fingerprint density at radius 2 is 1.92 bits per heavy atom. The van der Waals surface area contributed by atoms with Gasteiger partial charge in [0.05, 0.1) is 19.2 Å². The summed E-state index contributed by atoms with van der Waals surface area (Å²) >= 11 is 0. The first-order valence-electron chi connectivity index (χ1n) is 7.38. The van der Waals surface area contributed by atoms with Gasteiger partial charge in [-0.15, -0.1) is 0 Å². The number of esters is 1. The van der Waals surface area contributed by atoms with Gasteiger partial charge in [-0.25, -0.2) is 13.6 Å². The van der Waals surface area contributed by atoms with Gasteiger partial charge in [-0.1, -0.05) is 12.1 Å². The summed E-state index contributed by atoms with van der Waals surface area (Å²) in [5.41, 5.74) is 2.24. The number of carbonyl (C=O) groups excluding carboxylic acids is 2. The van der Waals surface area contributed by atoms with Crippen molar-refractivity contribution in [3.63, 3.8) is 0 Å². The van der Waals surface area contributed by atoms with Gasteiger partial charge in [-0.05, 0) is 35.4 Å². The number of ether oxygens (including phenoxy) is 1. The first kappa shape index (κ1) is 16.3. The largest absolute Gasteiger partial charge is 0.465 e. The van der Waals surface area contributed by atoms with Crippen LogP contribution in [0.1, 0.15) is 31.8 Å². The second-order valence-electron chi connectivity index (χ2n) is 5.68. The molecule has 124 valence electrons. The van der Waals surface area contributed by atoms with Gasteiger partial charge < -0.3 is 4.74 Å². The standard InChI is InChI=1S/C18H15F2NO3/c1-24-18(23)12-3-4-14-13(7-12)9-21(10-17(14)22)8-11-2-5-15(19)16(20)6-11/h2-7H,8-10H2,1H3. The van der Waals surface area contributed by atoms with Crippen molar-refractivity contribution in [2.24, 2.45) is 0 Å². The molecule has 2 aromatic carbocycles. The first-order valence-corrected chi connectivity index (χ1v) is 7.38. The molecule has 1 aliphatic heterocycles. The lowest BCUT2D eigenvalue weighted by molar-refractivity contribution is 0.0599. The molecule has 0 N–H and O–H groups in total. The molecule has 6 heteroatoms. The summed E-state index contributed by atoms with van der Waals surface area (Å²) in [6.07, 6.45) is 0. The maximum atomic E-state index is 13.3. The van der Waals surface area contributed by atoms with Crippen LogP contribution < -0.4 is 0 Å². The fraction of sp³-hybridized carbons (Fsp3) is 0.222. The third-order valence-electron chi connectivity index (χ3n) is 3.98. The van der Waals surface area contributed by atoms with E-state index in [-0.39, 0.29) is 12.3 Å². The highest BCUT2D eigenvalue weighted by molar-refractivity contribution is 6.01. The van der Waals surface area contributed by atoms with Crippen molar-refractivity contribution in [2.75, 3.05) is 13.7 Å². The Balaban J connectivity index is 1.83. The number of nitrogens with zero attached hydrogens (tertiary/aromatic N) is 1. The Morgan fingerprint density at radius 3 is 2.62 bits per heavy atom. The lowest BCUT2D eigenvalue weighted by atomic mass is 9.96. The third-order valence-corrected chi connectivity index (χ3v) is 3.98. The molecule has 0 aromatic heterocycles. The fourth-order valence-electron chi connectivity index (χ4n) is 2.83. The minimum Gasteiger partial charge on any atom is -0.465 e. The molecule has 0 radical (unpaired) electrons. The second kappa shape index (κ2) is 6.49. The van der Waals surface area contributed by atoms with E-state index in [0.29, 0.717) is 29.8 Å². The molecule has 0 amide bonds. The summed E-state index contributed by atoms with van der Waals surface area (Å²) in [5, 5.41) is 0. The zero-order valence-electron chi connectivity index (χ0n) is 13.0. The summed E-state index contributed by atoms with van der Waals surface area (Å²) in [7, 11) is 1.29. The van der Waals surface area contributed by atoms with Crippen LogP contribution in [-0.4, -0.2) is 30.3 Å². The predicted molar refractivity (Wildman–Crippen MR) is 82.6 cm³/mol. The molecule has 4 nitrogen and oxygen atoms in total. The van der Waals surface area contributed by atoms with E-state index in [1.165, 1.54) is 13.2 Å². The normalized spacial score (nSPS) is 14.4. The van der Waals surface area contributed by atoms with Gasteiger partial charge in [-0.2, -0.15) is 0 Å². The van der Waals surface area contributed by atoms with E-state index in [9.17, 15) is 18.4 Å². The van der Waals surface area contributed by atoms with E-state index < -0.39 is 17.6 Å². The molecule has 1 aliphatic rings. The number of rotatable bonds is 3. The molecule has 0 aliphatic carbocycles. The van der Waals surface area contributed by atoms with Crippen LogP contribution in [0.2, 0.25) is 0 Å². The van der Waals surface area contributed by atoms with Crippen LogP contribution in [-0.2, 0) is 17.8 Å². The van der Waals surface area contributed by atoms with Crippen molar-refractivity contribution in [3.8, 4) is 0 Å². The third kappa shape index (κ3) is 3.19. The van der Waals surface area contributed by atoms with E-state index in [4.69, 9.17) is 0 Å². The van der Waals surface area contributed by atoms with Gasteiger partial charge in [-0.3, -0.25) is 9.69 Å². The number of hydrogen-bond donors (Lipinski definition) is 0. The van der Waals surface area contributed by atoms with Gasteiger partial charge in [0.25, 0.3) is 0 Å². The molecule has 0 saturated carbocycles. The summed E-state index contributed by atoms with van der Waals surface area (Å²) in [6, 6.07) is 8.51. The molecular formula is C18H15F2NO3. The summed E-state index contributed by atoms with van der Waals surface area (Å²) in [6.45, 7) is 0.930. The highest BCUT2D eigenvalue weighted by Gasteiger charge is 2.24. The second-order valence-corrected chi connectivity index (χ2v) is 5.68. The molecule has 24 heavy (non-hydrogen) atoms. The summed E-state index contributed by atoms with van der Waals surface area (Å²) in [4.78, 5) is 25.7. The van der Waals surface area contributed by atoms with Crippen LogP contribution in [0, 0.1) is 11.6 Å². The molecule has 0 spiro atoms. The first-order chi connectivity index (χ1) is 11.5. The quantitative estimate of drug-likeness (QED) is 0.812. The highest BCUT2D eigenvalue weighted by Crippen LogP contribution is 2.23. The highest BCUT2D eigenvalue weighted by atomic mass is 19.2. The van der Waals surface area contributed by atoms with Gasteiger partial charge >= 0.3 is 5.97 Å². The average Bonchev–Trinajstić information content (AvgIpc) is 2.57. The smallest absolute Gasteiger partial charge is 0.337 e. The minimum atomic E-state index is -0.913. The van der Waals surface area contributed by atoms with Crippen molar-refractivity contribution < 1.29 is 23.1 Å². The van der Waals surface area contributed by atoms with Crippen LogP contribution >= 0.6 is 0 Å². The van der Waals surface area contributed by atoms with Crippen LogP contribution in [0.15, 0.2) is 36.4 Å². The number of Topliss-reactive ketones (excluding diaryl/α,β-unsaturated/α-hetero) is 1. The number of fused-ring (bicyclic) bond motifs is 1. The molecule has 0 fully saturated rings. The average molecular weight is 331 g/mol. The predicted octanol–water partition coefficient (Wildman–Crippen LogP) is 2.95. The Bertz CT molecular complexity index is 820. The molecule has 0 saturated heterocycles. The van der Waals surface area contributed by atoms with E-state index in [0.717, 1.165) is 17.7 Å². The molecule has 0 atom stereocenters. The van der Waals surface area contributed by atoms with Crippen molar-refractivity contribution in [1.29, 1.82) is 0 Å². The number of carbonyl (C=O) groups is 2. The van der Waals surface area contributed by atoms with Crippen LogP contribution in [0.4, 0.5) is 8.78 Å². The lowest BCUT2D eigenvalue weighted by Gasteiger charge is -2.28. The van der Waals surface area contributed by atoms with Crippen molar-refractivity contribution in [2.45, 2.75) is 13.1 Å². The maximum absolute atomic E-state index is 13.3. The van der Waals surface area contributed by atoms with E-state index in [1.807, 2.05) is 4.90 Å². The van der Waals surface area contributed by atoms with Gasteiger partial charge in [0.2, 0.25) is 0 Å². The Hall–Kier alpha value is -2.60. The Labute approximate surface area is 137 Å². The fourth-order valence-corrected chi connectivity index (χ4v) is 2.83. The van der Waals surface area contributed by atoms with Gasteiger partial charge in [0.15, 0.2) is 17.4 Å². The molecule has 0 bridgehead atoms. The summed E-state index contributed by atoms with van der Waals surface area (Å²) < 4.78 is 31.0. The SMILES string of the molecule is COC(=O)c1ccc2c(c1)CN(Cc1ccc(F)c(F)c1)CC2=O. The van der Waals surface area contributed by atoms with Crippen molar-refractivity contribution in [1.82, 2.24) is 4.90 Å². The zero-order chi connectivity index (χ0) is 17.3. The number of methoxy groups -OCH3 is 1. The number of benzene rings is 2.